The van der Waals surface area contributed by atoms with E-state index in [-0.39, 0.29) is 5.91 Å². The third-order valence-corrected chi connectivity index (χ3v) is 4.79. The molecular formula is C16H21N5OS. The summed E-state index contributed by atoms with van der Waals surface area (Å²) in [5, 5.41) is 9.35. The molecule has 1 fully saturated rings. The van der Waals surface area contributed by atoms with Crippen molar-refractivity contribution >= 4 is 17.7 Å². The first-order valence-corrected chi connectivity index (χ1v) is 9.03. The minimum atomic E-state index is 0.193. The van der Waals surface area contributed by atoms with Crippen molar-refractivity contribution in [2.75, 3.05) is 18.8 Å². The lowest BCUT2D eigenvalue weighted by atomic mass is 10.3. The zero-order valence-corrected chi connectivity index (χ0v) is 14.1. The number of carbonyl (C=O) groups excluding carboxylic acids is 1. The van der Waals surface area contributed by atoms with Gasteiger partial charge in [-0.15, -0.1) is 10.2 Å². The van der Waals surface area contributed by atoms with Gasteiger partial charge in [0.05, 0.1) is 5.75 Å². The van der Waals surface area contributed by atoms with Crippen LogP contribution in [0.15, 0.2) is 29.6 Å². The Morgan fingerprint density at radius 3 is 2.78 bits per heavy atom. The first-order chi connectivity index (χ1) is 11.3. The molecule has 3 heterocycles. The Hall–Kier alpha value is -1.89. The van der Waals surface area contributed by atoms with E-state index < -0.39 is 0 Å². The maximum absolute atomic E-state index is 12.2. The second-order valence-electron chi connectivity index (χ2n) is 5.55. The zero-order valence-electron chi connectivity index (χ0n) is 13.3. The predicted molar refractivity (Wildman–Crippen MR) is 90.1 cm³/mol. The number of amides is 1. The van der Waals surface area contributed by atoms with Crippen molar-refractivity contribution in [2.24, 2.45) is 0 Å². The monoisotopic (exact) mass is 331 g/mol. The molecule has 2 aromatic rings. The molecule has 1 aliphatic rings. The van der Waals surface area contributed by atoms with Gasteiger partial charge in [0.2, 0.25) is 5.91 Å². The van der Waals surface area contributed by atoms with Gasteiger partial charge in [0.1, 0.15) is 5.69 Å². The van der Waals surface area contributed by atoms with E-state index >= 15 is 0 Å². The quantitative estimate of drug-likeness (QED) is 0.761. The van der Waals surface area contributed by atoms with Crippen molar-refractivity contribution in [3.63, 3.8) is 0 Å². The molecule has 0 saturated carbocycles. The first-order valence-electron chi connectivity index (χ1n) is 8.04. The molecule has 3 rings (SSSR count). The van der Waals surface area contributed by atoms with Gasteiger partial charge in [0, 0.05) is 25.8 Å². The second kappa shape index (κ2) is 7.59. The molecule has 0 aromatic carbocycles. The van der Waals surface area contributed by atoms with Gasteiger partial charge in [-0.05, 0) is 31.4 Å². The molecule has 0 bridgehead atoms. The highest BCUT2D eigenvalue weighted by Crippen LogP contribution is 2.23. The molecule has 0 radical (unpaired) electrons. The van der Waals surface area contributed by atoms with Crippen LogP contribution in [-0.4, -0.2) is 49.4 Å². The number of aromatic nitrogens is 4. The van der Waals surface area contributed by atoms with Crippen LogP contribution < -0.4 is 0 Å². The molecule has 0 aliphatic carbocycles. The number of hydrogen-bond donors (Lipinski definition) is 0. The lowest BCUT2D eigenvalue weighted by molar-refractivity contribution is -0.127. The Balaban J connectivity index is 1.74. The Morgan fingerprint density at radius 1 is 1.26 bits per heavy atom. The van der Waals surface area contributed by atoms with Crippen molar-refractivity contribution in [2.45, 2.75) is 37.9 Å². The number of hydrogen-bond acceptors (Lipinski definition) is 5. The third-order valence-electron chi connectivity index (χ3n) is 3.84. The smallest absolute Gasteiger partial charge is 0.233 e. The molecule has 7 heteroatoms. The van der Waals surface area contributed by atoms with Crippen LogP contribution >= 0.6 is 11.8 Å². The lowest BCUT2D eigenvalue weighted by Crippen LogP contribution is -2.29. The van der Waals surface area contributed by atoms with Crippen LogP contribution in [-0.2, 0) is 11.3 Å². The molecule has 1 amide bonds. The summed E-state index contributed by atoms with van der Waals surface area (Å²) in [7, 11) is 0. The standard InChI is InChI=1S/C16H21N5OS/c1-2-9-21-15(13-7-3-4-8-17-13)18-19-16(21)23-12-14(22)20-10-5-6-11-20/h3-4,7-8H,2,5-6,9-12H2,1H3. The molecule has 1 saturated heterocycles. The Bertz CT molecular complexity index is 652. The summed E-state index contributed by atoms with van der Waals surface area (Å²) >= 11 is 1.47. The summed E-state index contributed by atoms with van der Waals surface area (Å²) < 4.78 is 2.06. The number of nitrogens with zero attached hydrogens (tertiary/aromatic N) is 5. The summed E-state index contributed by atoms with van der Waals surface area (Å²) in [6, 6.07) is 5.76. The van der Waals surface area contributed by atoms with Gasteiger partial charge in [-0.25, -0.2) is 0 Å². The van der Waals surface area contributed by atoms with Crippen LogP contribution in [0.4, 0.5) is 0 Å². The van der Waals surface area contributed by atoms with Crippen molar-refractivity contribution in [1.82, 2.24) is 24.6 Å². The van der Waals surface area contributed by atoms with Gasteiger partial charge < -0.3 is 9.47 Å². The highest BCUT2D eigenvalue weighted by molar-refractivity contribution is 7.99. The van der Waals surface area contributed by atoms with Crippen molar-refractivity contribution in [3.05, 3.63) is 24.4 Å². The summed E-state index contributed by atoms with van der Waals surface area (Å²) in [4.78, 5) is 18.5. The molecule has 0 unspecified atom stereocenters. The summed E-state index contributed by atoms with van der Waals surface area (Å²) in [5.41, 5.74) is 0.811. The van der Waals surface area contributed by atoms with E-state index in [9.17, 15) is 4.79 Å². The number of carbonyl (C=O) groups is 1. The van der Waals surface area contributed by atoms with Gasteiger partial charge >= 0.3 is 0 Å². The van der Waals surface area contributed by atoms with Crippen molar-refractivity contribution in [1.29, 1.82) is 0 Å². The van der Waals surface area contributed by atoms with E-state index in [1.165, 1.54) is 11.8 Å². The third kappa shape index (κ3) is 3.72. The highest BCUT2D eigenvalue weighted by Gasteiger charge is 2.20. The van der Waals surface area contributed by atoms with Crippen LogP contribution in [0, 0.1) is 0 Å². The molecule has 2 aromatic heterocycles. The highest BCUT2D eigenvalue weighted by atomic mass is 32.2. The number of likely N-dealkylation sites (tertiary alicyclic amines) is 1. The van der Waals surface area contributed by atoms with Crippen LogP contribution in [0.25, 0.3) is 11.5 Å². The zero-order chi connectivity index (χ0) is 16.1. The molecule has 0 spiro atoms. The average molecular weight is 331 g/mol. The van der Waals surface area contributed by atoms with Gasteiger partial charge in [-0.1, -0.05) is 24.8 Å². The lowest BCUT2D eigenvalue weighted by Gasteiger charge is -2.14. The van der Waals surface area contributed by atoms with Crippen LogP contribution in [0.1, 0.15) is 26.2 Å². The van der Waals surface area contributed by atoms with Gasteiger partial charge in [-0.3, -0.25) is 9.78 Å². The summed E-state index contributed by atoms with van der Waals surface area (Å²) in [6.07, 6.45) is 4.97. The van der Waals surface area contributed by atoms with E-state index in [4.69, 9.17) is 0 Å². The van der Waals surface area contributed by atoms with Crippen LogP contribution in [0.2, 0.25) is 0 Å². The average Bonchev–Trinajstić information content (AvgIpc) is 3.24. The molecule has 1 aliphatic heterocycles. The number of pyridine rings is 1. The molecule has 0 N–H and O–H groups in total. The first kappa shape index (κ1) is 16.0. The summed E-state index contributed by atoms with van der Waals surface area (Å²) in [6.45, 7) is 4.71. The van der Waals surface area contributed by atoms with Crippen molar-refractivity contribution < 1.29 is 4.79 Å². The molecule has 0 atom stereocenters. The van der Waals surface area contributed by atoms with E-state index in [0.717, 1.165) is 55.6 Å². The van der Waals surface area contributed by atoms with Crippen LogP contribution in [0.3, 0.4) is 0 Å². The topological polar surface area (TPSA) is 63.9 Å². The van der Waals surface area contributed by atoms with Gasteiger partial charge in [0.15, 0.2) is 11.0 Å². The van der Waals surface area contributed by atoms with E-state index in [2.05, 4.69) is 26.7 Å². The van der Waals surface area contributed by atoms with E-state index in [0.29, 0.717) is 5.75 Å². The van der Waals surface area contributed by atoms with Gasteiger partial charge in [-0.2, -0.15) is 0 Å². The van der Waals surface area contributed by atoms with E-state index in [1.54, 1.807) is 6.20 Å². The maximum atomic E-state index is 12.2. The SMILES string of the molecule is CCCn1c(SCC(=O)N2CCCC2)nnc1-c1ccccn1. The normalized spacial score (nSPS) is 14.4. The second-order valence-corrected chi connectivity index (χ2v) is 6.49. The summed E-state index contributed by atoms with van der Waals surface area (Å²) in [5.74, 6) is 1.38. The molecule has 23 heavy (non-hydrogen) atoms. The molecular weight excluding hydrogens is 310 g/mol. The Morgan fingerprint density at radius 2 is 2.09 bits per heavy atom. The fourth-order valence-corrected chi connectivity index (χ4v) is 3.56. The minimum Gasteiger partial charge on any atom is -0.342 e. The number of thioether (sulfide) groups is 1. The Labute approximate surface area is 140 Å². The van der Waals surface area contributed by atoms with Crippen molar-refractivity contribution in [3.8, 4) is 11.5 Å². The Kier molecular flexibility index (Phi) is 5.27. The minimum absolute atomic E-state index is 0.193. The fourth-order valence-electron chi connectivity index (χ4n) is 2.69. The van der Waals surface area contributed by atoms with Crippen LogP contribution in [0.5, 0.6) is 0 Å². The van der Waals surface area contributed by atoms with E-state index in [1.807, 2.05) is 23.1 Å². The van der Waals surface area contributed by atoms with Gasteiger partial charge in [0.25, 0.3) is 0 Å². The number of rotatable bonds is 6. The predicted octanol–water partition coefficient (Wildman–Crippen LogP) is 2.46. The fraction of sp³-hybridized carbons (Fsp3) is 0.500. The maximum Gasteiger partial charge on any atom is 0.233 e. The largest absolute Gasteiger partial charge is 0.342 e. The molecule has 6 nitrogen and oxygen atoms in total. The molecule has 122 valence electrons.